The molecule has 1 aromatic carbocycles. The number of H-pyrrole nitrogens is 1. The zero-order chi connectivity index (χ0) is 14.5. The van der Waals surface area contributed by atoms with Crippen molar-refractivity contribution in [1.82, 2.24) is 14.8 Å². The fourth-order valence-corrected chi connectivity index (χ4v) is 2.80. The summed E-state index contributed by atoms with van der Waals surface area (Å²) >= 11 is 1.29. The highest BCUT2D eigenvalue weighted by Crippen LogP contribution is 2.17. The Morgan fingerprint density at radius 2 is 2.05 bits per heavy atom. The van der Waals surface area contributed by atoms with Crippen LogP contribution in [0.1, 0.15) is 25.5 Å². The van der Waals surface area contributed by atoms with Crippen LogP contribution in [-0.2, 0) is 11.2 Å². The summed E-state index contributed by atoms with van der Waals surface area (Å²) in [4.78, 5) is 23.5. The minimum Gasteiger partial charge on any atom is -0.298 e. The predicted molar refractivity (Wildman–Crippen MR) is 79.1 cm³/mol. The van der Waals surface area contributed by atoms with Gasteiger partial charge >= 0.3 is 5.69 Å². The first kappa shape index (κ1) is 14.6. The average Bonchev–Trinajstić information content (AvgIpc) is 2.79. The smallest absolute Gasteiger partial charge is 0.298 e. The van der Waals surface area contributed by atoms with Crippen molar-refractivity contribution in [1.29, 1.82) is 0 Å². The number of thioether (sulfide) groups is 1. The van der Waals surface area contributed by atoms with E-state index in [4.69, 9.17) is 0 Å². The maximum Gasteiger partial charge on any atom is 0.344 e. The van der Waals surface area contributed by atoms with Gasteiger partial charge in [-0.05, 0) is 19.4 Å². The SMILES string of the molecule is CC(C)n1c(SCC(=O)Cc2ccccc2)n[nH]c1=O. The minimum absolute atomic E-state index is 0.0213. The number of aromatic nitrogens is 3. The molecular formula is C14H17N3O2S. The van der Waals surface area contributed by atoms with Crippen molar-refractivity contribution in [3.8, 4) is 0 Å². The molecule has 0 saturated heterocycles. The molecule has 0 unspecified atom stereocenters. The second-order valence-electron chi connectivity index (χ2n) is 4.76. The third-order valence-electron chi connectivity index (χ3n) is 2.79. The fraction of sp³-hybridized carbons (Fsp3) is 0.357. The first-order valence-corrected chi connectivity index (χ1v) is 7.42. The van der Waals surface area contributed by atoms with Crippen molar-refractivity contribution in [3.63, 3.8) is 0 Å². The molecule has 0 aliphatic heterocycles. The number of benzene rings is 1. The molecule has 0 aliphatic rings. The molecule has 0 fully saturated rings. The molecule has 0 radical (unpaired) electrons. The highest BCUT2D eigenvalue weighted by molar-refractivity contribution is 7.99. The van der Waals surface area contributed by atoms with Crippen molar-refractivity contribution >= 4 is 17.5 Å². The van der Waals surface area contributed by atoms with Gasteiger partial charge in [0.1, 0.15) is 5.78 Å². The Morgan fingerprint density at radius 1 is 1.35 bits per heavy atom. The molecule has 0 saturated carbocycles. The van der Waals surface area contributed by atoms with Crippen LogP contribution in [-0.4, -0.2) is 26.3 Å². The number of nitrogens with zero attached hydrogens (tertiary/aromatic N) is 2. The Balaban J connectivity index is 1.96. The second kappa shape index (κ2) is 6.56. The van der Waals surface area contributed by atoms with E-state index in [9.17, 15) is 9.59 Å². The number of nitrogens with one attached hydrogen (secondary N) is 1. The summed E-state index contributed by atoms with van der Waals surface area (Å²) in [7, 11) is 0. The molecule has 1 N–H and O–H groups in total. The summed E-state index contributed by atoms with van der Waals surface area (Å²) in [5.74, 6) is 0.429. The van der Waals surface area contributed by atoms with Gasteiger partial charge in [0.25, 0.3) is 0 Å². The van der Waals surface area contributed by atoms with Crippen LogP contribution in [0.25, 0.3) is 0 Å². The highest BCUT2D eigenvalue weighted by atomic mass is 32.2. The van der Waals surface area contributed by atoms with Gasteiger partial charge in [0.15, 0.2) is 5.16 Å². The molecule has 6 heteroatoms. The largest absolute Gasteiger partial charge is 0.344 e. The van der Waals surface area contributed by atoms with E-state index in [1.807, 2.05) is 44.2 Å². The van der Waals surface area contributed by atoms with E-state index in [1.54, 1.807) is 4.57 Å². The number of Topliss-reactive ketones (excluding diaryl/α,β-unsaturated/α-hetero) is 1. The van der Waals surface area contributed by atoms with Gasteiger partial charge in [0.05, 0.1) is 5.75 Å². The molecule has 0 atom stereocenters. The Labute approximate surface area is 121 Å². The van der Waals surface area contributed by atoms with E-state index in [-0.39, 0.29) is 17.5 Å². The highest BCUT2D eigenvalue weighted by Gasteiger charge is 2.13. The van der Waals surface area contributed by atoms with E-state index in [2.05, 4.69) is 10.2 Å². The third-order valence-corrected chi connectivity index (χ3v) is 3.81. The van der Waals surface area contributed by atoms with Crippen LogP contribution in [0.4, 0.5) is 0 Å². The lowest BCUT2D eigenvalue weighted by Crippen LogP contribution is -2.19. The van der Waals surface area contributed by atoms with E-state index >= 15 is 0 Å². The van der Waals surface area contributed by atoms with Crippen LogP contribution in [0.2, 0.25) is 0 Å². The molecule has 0 amide bonds. The minimum atomic E-state index is -0.238. The summed E-state index contributed by atoms with van der Waals surface area (Å²) in [6.07, 6.45) is 0.407. The molecule has 1 heterocycles. The van der Waals surface area contributed by atoms with Gasteiger partial charge in [0, 0.05) is 12.5 Å². The molecule has 2 aromatic rings. The third kappa shape index (κ3) is 3.60. The molecule has 5 nitrogen and oxygen atoms in total. The van der Waals surface area contributed by atoms with Gasteiger partial charge < -0.3 is 0 Å². The zero-order valence-electron chi connectivity index (χ0n) is 11.5. The number of hydrogen-bond acceptors (Lipinski definition) is 4. The molecule has 0 bridgehead atoms. The average molecular weight is 291 g/mol. The van der Waals surface area contributed by atoms with Crippen molar-refractivity contribution < 1.29 is 4.79 Å². The molecule has 0 spiro atoms. The van der Waals surface area contributed by atoms with Gasteiger partial charge in [-0.1, -0.05) is 42.1 Å². The van der Waals surface area contributed by atoms with Gasteiger partial charge in [-0.2, -0.15) is 0 Å². The maximum atomic E-state index is 11.9. The lowest BCUT2D eigenvalue weighted by molar-refractivity contribution is -0.116. The molecule has 20 heavy (non-hydrogen) atoms. The fourth-order valence-electron chi connectivity index (χ4n) is 1.87. The van der Waals surface area contributed by atoms with Gasteiger partial charge in [-0.25, -0.2) is 9.89 Å². The Kier molecular flexibility index (Phi) is 4.79. The Morgan fingerprint density at radius 3 is 2.70 bits per heavy atom. The summed E-state index contributed by atoms with van der Waals surface area (Å²) < 4.78 is 1.56. The van der Waals surface area contributed by atoms with Crippen molar-refractivity contribution in [2.75, 3.05) is 5.75 Å². The number of aromatic amines is 1. The van der Waals surface area contributed by atoms with Crippen LogP contribution in [0.3, 0.4) is 0 Å². The lowest BCUT2D eigenvalue weighted by Gasteiger charge is -2.08. The maximum absolute atomic E-state index is 11.9. The lowest BCUT2D eigenvalue weighted by atomic mass is 10.1. The molecule has 106 valence electrons. The van der Waals surface area contributed by atoms with Crippen molar-refractivity contribution in [2.45, 2.75) is 31.5 Å². The summed E-state index contributed by atoms with van der Waals surface area (Å²) in [5, 5.41) is 6.93. The van der Waals surface area contributed by atoms with Crippen LogP contribution < -0.4 is 5.69 Å². The first-order valence-electron chi connectivity index (χ1n) is 6.43. The summed E-state index contributed by atoms with van der Waals surface area (Å²) in [5.41, 5.74) is 0.763. The van der Waals surface area contributed by atoms with Gasteiger partial charge in [-0.15, -0.1) is 5.10 Å². The Hall–Kier alpha value is -1.82. The monoisotopic (exact) mass is 291 g/mol. The number of hydrogen-bond donors (Lipinski definition) is 1. The molecule has 0 aliphatic carbocycles. The normalized spacial score (nSPS) is 10.9. The topological polar surface area (TPSA) is 67.8 Å². The summed E-state index contributed by atoms with van der Waals surface area (Å²) in [6.45, 7) is 3.82. The van der Waals surface area contributed by atoms with Crippen LogP contribution in [0, 0.1) is 0 Å². The second-order valence-corrected chi connectivity index (χ2v) is 5.71. The van der Waals surface area contributed by atoms with E-state index in [0.717, 1.165) is 5.56 Å². The van der Waals surface area contributed by atoms with E-state index in [0.29, 0.717) is 17.3 Å². The van der Waals surface area contributed by atoms with Crippen molar-refractivity contribution in [2.24, 2.45) is 0 Å². The van der Waals surface area contributed by atoms with E-state index < -0.39 is 0 Å². The predicted octanol–water partition coefficient (Wildman–Crippen LogP) is 2.06. The van der Waals surface area contributed by atoms with Crippen molar-refractivity contribution in [3.05, 3.63) is 46.4 Å². The number of ketones is 1. The number of carbonyl (C=O) groups is 1. The van der Waals surface area contributed by atoms with Gasteiger partial charge in [-0.3, -0.25) is 9.36 Å². The summed E-state index contributed by atoms with van der Waals surface area (Å²) in [6, 6.07) is 9.64. The number of rotatable bonds is 6. The van der Waals surface area contributed by atoms with E-state index in [1.165, 1.54) is 11.8 Å². The number of carbonyl (C=O) groups excluding carboxylic acids is 1. The Bertz CT molecular complexity index is 631. The standard InChI is InChI=1S/C14H17N3O2S/c1-10(2)17-13(19)15-16-14(17)20-9-12(18)8-11-6-4-3-5-7-11/h3-7,10H,8-9H2,1-2H3,(H,15,19). The van der Waals surface area contributed by atoms with Crippen LogP contribution in [0.15, 0.2) is 40.3 Å². The quantitative estimate of drug-likeness (QED) is 0.827. The first-order chi connectivity index (χ1) is 9.58. The molecule has 1 aromatic heterocycles. The van der Waals surface area contributed by atoms with Crippen LogP contribution in [0.5, 0.6) is 0 Å². The molecule has 2 rings (SSSR count). The molecular weight excluding hydrogens is 274 g/mol. The zero-order valence-corrected chi connectivity index (χ0v) is 12.3. The van der Waals surface area contributed by atoms with Gasteiger partial charge in [0.2, 0.25) is 0 Å². The van der Waals surface area contributed by atoms with Crippen LogP contribution >= 0.6 is 11.8 Å².